The lowest BCUT2D eigenvalue weighted by Gasteiger charge is -2.23. The number of ether oxygens (including phenoxy) is 1. The smallest absolute Gasteiger partial charge is 0.150 e. The lowest BCUT2D eigenvalue weighted by Crippen LogP contribution is -2.26. The van der Waals surface area contributed by atoms with E-state index in [9.17, 15) is 8.42 Å². The van der Waals surface area contributed by atoms with Crippen molar-refractivity contribution in [2.24, 2.45) is 5.92 Å². The molecule has 1 aromatic carbocycles. The molecule has 1 saturated heterocycles. The number of hydrogen-bond donors (Lipinski definition) is 1. The molecule has 0 aromatic heterocycles. The maximum Gasteiger partial charge on any atom is 0.150 e. The first-order valence-corrected chi connectivity index (χ1v) is 8.38. The Kier molecular flexibility index (Phi) is 4.38. The van der Waals surface area contributed by atoms with Gasteiger partial charge in [-0.25, -0.2) is 8.42 Å². The summed E-state index contributed by atoms with van der Waals surface area (Å²) < 4.78 is 28.4. The Morgan fingerprint density at radius 2 is 2.21 bits per heavy atom. The van der Waals surface area contributed by atoms with E-state index in [1.165, 1.54) is 0 Å². The van der Waals surface area contributed by atoms with E-state index in [1.54, 1.807) is 13.2 Å². The molecule has 0 spiro atoms. The molecule has 2 atom stereocenters. The van der Waals surface area contributed by atoms with Crippen LogP contribution in [0.15, 0.2) is 18.2 Å². The normalized spacial score (nSPS) is 23.2. The molecule has 106 valence electrons. The minimum Gasteiger partial charge on any atom is -0.495 e. The van der Waals surface area contributed by atoms with Crippen LogP contribution in [0.4, 0.5) is 0 Å². The van der Waals surface area contributed by atoms with Crippen LogP contribution in [0.2, 0.25) is 5.02 Å². The topological polar surface area (TPSA) is 55.4 Å². The zero-order valence-electron chi connectivity index (χ0n) is 11.0. The van der Waals surface area contributed by atoms with Gasteiger partial charge < -0.3 is 10.1 Å². The first-order chi connectivity index (χ1) is 8.96. The SMILES string of the molecule is CNC(c1ccc(Cl)c(OC)c1)C1CCS(=O)(=O)C1. The number of hydrogen-bond acceptors (Lipinski definition) is 4. The van der Waals surface area contributed by atoms with Crippen LogP contribution >= 0.6 is 11.6 Å². The van der Waals surface area contributed by atoms with Gasteiger partial charge in [0.2, 0.25) is 0 Å². The second-order valence-corrected chi connectivity index (χ2v) is 7.46. The molecule has 4 nitrogen and oxygen atoms in total. The van der Waals surface area contributed by atoms with Crippen molar-refractivity contribution in [2.45, 2.75) is 12.5 Å². The summed E-state index contributed by atoms with van der Waals surface area (Å²) in [7, 11) is 0.533. The fourth-order valence-electron chi connectivity index (χ4n) is 2.63. The van der Waals surface area contributed by atoms with Gasteiger partial charge >= 0.3 is 0 Å². The second kappa shape index (κ2) is 5.69. The minimum absolute atomic E-state index is 0.00319. The monoisotopic (exact) mass is 303 g/mol. The van der Waals surface area contributed by atoms with Gasteiger partial charge in [-0.15, -0.1) is 0 Å². The van der Waals surface area contributed by atoms with Crippen LogP contribution in [0.25, 0.3) is 0 Å². The number of sulfone groups is 1. The standard InChI is InChI=1S/C13H18ClNO3S/c1-15-13(10-5-6-19(16,17)8-10)9-3-4-11(14)12(7-9)18-2/h3-4,7,10,13,15H,5-6,8H2,1-2H3. The van der Waals surface area contributed by atoms with E-state index in [1.807, 2.05) is 19.2 Å². The van der Waals surface area contributed by atoms with Crippen molar-refractivity contribution in [3.05, 3.63) is 28.8 Å². The Balaban J connectivity index is 2.27. The largest absolute Gasteiger partial charge is 0.495 e. The summed E-state index contributed by atoms with van der Waals surface area (Å²) in [6.07, 6.45) is 0.693. The molecule has 19 heavy (non-hydrogen) atoms. The van der Waals surface area contributed by atoms with E-state index in [0.29, 0.717) is 17.2 Å². The van der Waals surface area contributed by atoms with Gasteiger partial charge in [-0.2, -0.15) is 0 Å². The molecular weight excluding hydrogens is 286 g/mol. The van der Waals surface area contributed by atoms with Crippen molar-refractivity contribution in [3.63, 3.8) is 0 Å². The summed E-state index contributed by atoms with van der Waals surface area (Å²) in [6.45, 7) is 0. The van der Waals surface area contributed by atoms with Crippen LogP contribution in [-0.2, 0) is 9.84 Å². The highest BCUT2D eigenvalue weighted by Crippen LogP contribution is 2.34. The quantitative estimate of drug-likeness (QED) is 0.925. The highest BCUT2D eigenvalue weighted by atomic mass is 35.5. The third kappa shape index (κ3) is 3.22. The number of methoxy groups -OCH3 is 1. The predicted octanol–water partition coefficient (Wildman–Crippen LogP) is 2.04. The van der Waals surface area contributed by atoms with E-state index < -0.39 is 9.84 Å². The molecule has 1 heterocycles. The van der Waals surface area contributed by atoms with Gasteiger partial charge in [0.1, 0.15) is 5.75 Å². The zero-order valence-corrected chi connectivity index (χ0v) is 12.6. The average Bonchev–Trinajstić information content (AvgIpc) is 2.72. The third-order valence-corrected chi connectivity index (χ3v) is 5.69. The molecule has 0 bridgehead atoms. The molecule has 1 N–H and O–H groups in total. The van der Waals surface area contributed by atoms with Crippen LogP contribution in [-0.4, -0.2) is 34.1 Å². The number of nitrogens with one attached hydrogen (secondary N) is 1. The number of halogens is 1. The Morgan fingerprint density at radius 3 is 2.74 bits per heavy atom. The van der Waals surface area contributed by atoms with Gasteiger partial charge in [-0.1, -0.05) is 17.7 Å². The van der Waals surface area contributed by atoms with Crippen molar-refractivity contribution >= 4 is 21.4 Å². The Labute approximate surface area is 119 Å². The summed E-state index contributed by atoms with van der Waals surface area (Å²) in [5.41, 5.74) is 1.01. The van der Waals surface area contributed by atoms with Crippen molar-refractivity contribution in [1.82, 2.24) is 5.32 Å². The first-order valence-electron chi connectivity index (χ1n) is 6.18. The maximum atomic E-state index is 11.6. The van der Waals surface area contributed by atoms with Crippen molar-refractivity contribution in [1.29, 1.82) is 0 Å². The lowest BCUT2D eigenvalue weighted by molar-refractivity contribution is 0.402. The van der Waals surface area contributed by atoms with Crippen molar-refractivity contribution in [2.75, 3.05) is 25.7 Å². The molecule has 2 unspecified atom stereocenters. The van der Waals surface area contributed by atoms with Crippen LogP contribution in [0.5, 0.6) is 5.75 Å². The Bertz CT molecular complexity index is 559. The van der Waals surface area contributed by atoms with Gasteiger partial charge in [0.25, 0.3) is 0 Å². The summed E-state index contributed by atoms with van der Waals surface area (Å²) in [6, 6.07) is 5.57. The fraction of sp³-hybridized carbons (Fsp3) is 0.538. The Hall–Kier alpha value is -0.780. The van der Waals surface area contributed by atoms with E-state index >= 15 is 0 Å². The van der Waals surface area contributed by atoms with Crippen LogP contribution in [0.3, 0.4) is 0 Å². The highest BCUT2D eigenvalue weighted by molar-refractivity contribution is 7.91. The summed E-state index contributed by atoms with van der Waals surface area (Å²) >= 11 is 6.01. The molecule has 6 heteroatoms. The molecule has 0 aliphatic carbocycles. The van der Waals surface area contributed by atoms with Gasteiger partial charge in [0, 0.05) is 6.04 Å². The van der Waals surface area contributed by atoms with Gasteiger partial charge in [0.15, 0.2) is 9.84 Å². The number of benzene rings is 1. The molecule has 1 aliphatic rings. The van der Waals surface area contributed by atoms with E-state index in [4.69, 9.17) is 16.3 Å². The van der Waals surface area contributed by atoms with E-state index in [2.05, 4.69) is 5.32 Å². The lowest BCUT2D eigenvalue weighted by atomic mass is 9.92. The molecule has 1 aromatic rings. The molecule has 1 fully saturated rings. The van der Waals surface area contributed by atoms with Gasteiger partial charge in [-0.05, 0) is 37.1 Å². The molecule has 1 aliphatic heterocycles. The Morgan fingerprint density at radius 1 is 1.47 bits per heavy atom. The third-order valence-electron chi connectivity index (χ3n) is 3.58. The average molecular weight is 304 g/mol. The van der Waals surface area contributed by atoms with E-state index in [-0.39, 0.29) is 23.5 Å². The van der Waals surface area contributed by atoms with Crippen LogP contribution in [0, 0.1) is 5.92 Å². The zero-order chi connectivity index (χ0) is 14.0. The van der Waals surface area contributed by atoms with Gasteiger partial charge in [0.05, 0.1) is 23.6 Å². The molecule has 0 saturated carbocycles. The predicted molar refractivity (Wildman–Crippen MR) is 76.6 cm³/mol. The summed E-state index contributed by atoms with van der Waals surface area (Å²) in [5, 5.41) is 3.76. The maximum absolute atomic E-state index is 11.6. The molecule has 0 radical (unpaired) electrons. The van der Waals surface area contributed by atoms with Crippen molar-refractivity contribution < 1.29 is 13.2 Å². The second-order valence-electron chi connectivity index (χ2n) is 4.82. The number of rotatable bonds is 4. The van der Waals surface area contributed by atoms with Crippen molar-refractivity contribution in [3.8, 4) is 5.75 Å². The highest BCUT2D eigenvalue weighted by Gasteiger charge is 2.33. The van der Waals surface area contributed by atoms with E-state index in [0.717, 1.165) is 5.56 Å². The molecule has 2 rings (SSSR count). The van der Waals surface area contributed by atoms with Crippen LogP contribution < -0.4 is 10.1 Å². The molecule has 0 amide bonds. The van der Waals surface area contributed by atoms with Crippen LogP contribution in [0.1, 0.15) is 18.0 Å². The summed E-state index contributed by atoms with van der Waals surface area (Å²) in [4.78, 5) is 0. The van der Waals surface area contributed by atoms with Gasteiger partial charge in [-0.3, -0.25) is 0 Å². The molecular formula is C13H18ClNO3S. The fourth-order valence-corrected chi connectivity index (χ4v) is 4.67. The minimum atomic E-state index is -2.88. The summed E-state index contributed by atoms with van der Waals surface area (Å²) in [5.74, 6) is 1.23. The first kappa shape index (κ1) is 14.6.